The molecule has 5 rings (SSSR count). The zero-order chi connectivity index (χ0) is 24.5. The Hall–Kier alpha value is -3.51. The van der Waals surface area contributed by atoms with Gasteiger partial charge in [0.1, 0.15) is 5.00 Å². The lowest BCUT2D eigenvalue weighted by Gasteiger charge is -2.18. The molecule has 1 unspecified atom stereocenters. The number of benzene rings is 2. The summed E-state index contributed by atoms with van der Waals surface area (Å²) in [5.41, 5.74) is 11.5. The van der Waals surface area contributed by atoms with E-state index in [1.807, 2.05) is 30.3 Å². The molecule has 0 radical (unpaired) electrons. The SMILES string of the molecule is CCCc1ccc(-c2cc(C(=O)Nc3sc4c(c3C(N)=O)CCC(C)C4)c3ccccc3n2)cc1. The van der Waals surface area contributed by atoms with Crippen molar-refractivity contribution < 1.29 is 9.59 Å². The van der Waals surface area contributed by atoms with E-state index in [0.29, 0.717) is 22.0 Å². The Bertz CT molecular complexity index is 1420. The molecule has 35 heavy (non-hydrogen) atoms. The number of pyridine rings is 1. The van der Waals surface area contributed by atoms with Gasteiger partial charge in [0, 0.05) is 15.8 Å². The molecule has 4 aromatic rings. The second kappa shape index (κ2) is 9.62. The second-order valence-electron chi connectivity index (χ2n) is 9.39. The molecule has 0 saturated heterocycles. The number of nitrogens with zero attached hydrogens (tertiary/aromatic N) is 1. The monoisotopic (exact) mass is 483 g/mol. The molecule has 178 valence electrons. The summed E-state index contributed by atoms with van der Waals surface area (Å²) in [4.78, 5) is 31.9. The number of hydrogen-bond acceptors (Lipinski definition) is 4. The van der Waals surface area contributed by atoms with E-state index in [4.69, 9.17) is 10.7 Å². The molecule has 1 aliphatic carbocycles. The first-order chi connectivity index (χ1) is 16.9. The number of carbonyl (C=O) groups is 2. The van der Waals surface area contributed by atoms with Gasteiger partial charge in [0.05, 0.1) is 22.3 Å². The predicted octanol–water partition coefficient (Wildman–Crippen LogP) is 6.39. The van der Waals surface area contributed by atoms with E-state index in [1.165, 1.54) is 16.9 Å². The third-order valence-electron chi connectivity index (χ3n) is 6.73. The summed E-state index contributed by atoms with van der Waals surface area (Å²) in [5.74, 6) is -0.192. The highest BCUT2D eigenvalue weighted by atomic mass is 32.1. The van der Waals surface area contributed by atoms with Gasteiger partial charge in [-0.15, -0.1) is 11.3 Å². The lowest BCUT2D eigenvalue weighted by atomic mass is 9.88. The Morgan fingerprint density at radius 3 is 2.66 bits per heavy atom. The number of primary amides is 1. The third kappa shape index (κ3) is 4.58. The Morgan fingerprint density at radius 2 is 1.91 bits per heavy atom. The predicted molar refractivity (Wildman–Crippen MR) is 143 cm³/mol. The number of nitrogens with one attached hydrogen (secondary N) is 1. The molecule has 0 spiro atoms. The van der Waals surface area contributed by atoms with Crippen molar-refractivity contribution in [2.24, 2.45) is 11.7 Å². The molecular formula is C29H29N3O2S. The number of aromatic nitrogens is 1. The summed E-state index contributed by atoms with van der Waals surface area (Å²) in [7, 11) is 0. The zero-order valence-corrected chi connectivity index (χ0v) is 20.9. The number of fused-ring (bicyclic) bond motifs is 2. The largest absolute Gasteiger partial charge is 0.365 e. The highest BCUT2D eigenvalue weighted by Gasteiger charge is 2.28. The topological polar surface area (TPSA) is 85.1 Å². The van der Waals surface area contributed by atoms with Crippen LogP contribution in [-0.2, 0) is 19.3 Å². The van der Waals surface area contributed by atoms with Crippen molar-refractivity contribution in [3.05, 3.63) is 81.7 Å². The van der Waals surface area contributed by atoms with Crippen LogP contribution in [0.3, 0.4) is 0 Å². The molecule has 2 aromatic heterocycles. The molecule has 0 fully saturated rings. The first-order valence-electron chi connectivity index (χ1n) is 12.2. The van der Waals surface area contributed by atoms with Gasteiger partial charge < -0.3 is 11.1 Å². The van der Waals surface area contributed by atoms with Crippen LogP contribution in [0.4, 0.5) is 5.00 Å². The number of anilines is 1. The van der Waals surface area contributed by atoms with Crippen molar-refractivity contribution in [2.75, 3.05) is 5.32 Å². The van der Waals surface area contributed by atoms with Crippen molar-refractivity contribution in [3.8, 4) is 11.3 Å². The van der Waals surface area contributed by atoms with Crippen LogP contribution in [0.2, 0.25) is 0 Å². The molecule has 0 saturated carbocycles. The van der Waals surface area contributed by atoms with E-state index in [1.54, 1.807) is 0 Å². The summed E-state index contributed by atoms with van der Waals surface area (Å²) < 4.78 is 0. The summed E-state index contributed by atoms with van der Waals surface area (Å²) in [5, 5.41) is 4.35. The van der Waals surface area contributed by atoms with E-state index >= 15 is 0 Å². The smallest absolute Gasteiger partial charge is 0.257 e. The number of aryl methyl sites for hydroxylation is 1. The number of carbonyl (C=O) groups excluding carboxylic acids is 2. The average molecular weight is 484 g/mol. The van der Waals surface area contributed by atoms with Crippen molar-refractivity contribution in [3.63, 3.8) is 0 Å². The van der Waals surface area contributed by atoms with Crippen molar-refractivity contribution in [1.82, 2.24) is 4.98 Å². The number of thiophene rings is 1. The van der Waals surface area contributed by atoms with Gasteiger partial charge in [-0.1, -0.05) is 62.7 Å². The maximum atomic E-state index is 13.6. The lowest BCUT2D eigenvalue weighted by molar-refractivity contribution is 0.1000. The molecular weight excluding hydrogens is 454 g/mol. The average Bonchev–Trinajstić information content (AvgIpc) is 3.21. The summed E-state index contributed by atoms with van der Waals surface area (Å²) in [6.45, 7) is 4.38. The van der Waals surface area contributed by atoms with E-state index in [-0.39, 0.29) is 5.91 Å². The molecule has 2 amide bonds. The van der Waals surface area contributed by atoms with Gasteiger partial charge in [-0.3, -0.25) is 9.59 Å². The van der Waals surface area contributed by atoms with Gasteiger partial charge in [-0.2, -0.15) is 0 Å². The number of hydrogen-bond donors (Lipinski definition) is 2. The number of rotatable bonds is 6. The van der Waals surface area contributed by atoms with Gasteiger partial charge in [-0.25, -0.2) is 4.98 Å². The number of nitrogens with two attached hydrogens (primary N) is 1. The maximum Gasteiger partial charge on any atom is 0.257 e. The standard InChI is InChI=1S/C29H29N3O2S/c1-3-6-18-10-12-19(13-11-18)24-16-22(20-7-4-5-8-23(20)31-24)28(34)32-29-26(27(30)33)21-14-9-17(2)15-25(21)35-29/h4-5,7-8,10-13,16-17H,3,6,9,14-15H2,1-2H3,(H2,30,33)(H,32,34). The molecule has 1 aliphatic rings. The van der Waals surface area contributed by atoms with Crippen molar-refractivity contribution in [2.45, 2.75) is 46.0 Å². The second-order valence-corrected chi connectivity index (χ2v) is 10.5. The lowest BCUT2D eigenvalue weighted by Crippen LogP contribution is -2.19. The highest BCUT2D eigenvalue weighted by Crippen LogP contribution is 2.40. The van der Waals surface area contributed by atoms with Gasteiger partial charge in [0.15, 0.2) is 0 Å². The molecule has 0 aliphatic heterocycles. The van der Waals surface area contributed by atoms with Crippen LogP contribution in [0.15, 0.2) is 54.6 Å². The van der Waals surface area contributed by atoms with E-state index in [9.17, 15) is 9.59 Å². The Labute approximate surface area is 209 Å². The Kier molecular flexibility index (Phi) is 6.39. The van der Waals surface area contributed by atoms with E-state index in [0.717, 1.165) is 64.7 Å². The molecule has 0 bridgehead atoms. The molecule has 2 aromatic carbocycles. The minimum absolute atomic E-state index is 0.262. The summed E-state index contributed by atoms with van der Waals surface area (Å²) in [6.07, 6.45) is 4.87. The summed E-state index contributed by atoms with van der Waals surface area (Å²) in [6, 6.07) is 17.8. The highest BCUT2D eigenvalue weighted by molar-refractivity contribution is 7.17. The quantitative estimate of drug-likeness (QED) is 0.333. The van der Waals surface area contributed by atoms with Crippen LogP contribution in [0.25, 0.3) is 22.2 Å². The molecule has 1 atom stereocenters. The first-order valence-corrected chi connectivity index (χ1v) is 13.0. The van der Waals surface area contributed by atoms with Crippen LogP contribution in [-0.4, -0.2) is 16.8 Å². The molecule has 2 heterocycles. The fourth-order valence-corrected chi connectivity index (χ4v) is 6.32. The van der Waals surface area contributed by atoms with Crippen LogP contribution in [0.1, 0.15) is 63.4 Å². The van der Waals surface area contributed by atoms with Crippen molar-refractivity contribution >= 4 is 39.1 Å². The fraction of sp³-hybridized carbons (Fsp3) is 0.276. The molecule has 3 N–H and O–H groups in total. The summed E-state index contributed by atoms with van der Waals surface area (Å²) >= 11 is 1.48. The van der Waals surface area contributed by atoms with Gasteiger partial charge in [0.25, 0.3) is 11.8 Å². The maximum absolute atomic E-state index is 13.6. The van der Waals surface area contributed by atoms with Gasteiger partial charge >= 0.3 is 0 Å². The Balaban J connectivity index is 1.55. The third-order valence-corrected chi connectivity index (χ3v) is 7.90. The fourth-order valence-electron chi connectivity index (χ4n) is 4.91. The van der Waals surface area contributed by atoms with E-state index in [2.05, 4.69) is 43.4 Å². The number of amides is 2. The van der Waals surface area contributed by atoms with Gasteiger partial charge in [-0.05, 0) is 54.9 Å². The van der Waals surface area contributed by atoms with Crippen LogP contribution in [0, 0.1) is 5.92 Å². The Morgan fingerprint density at radius 1 is 1.14 bits per heavy atom. The normalized spacial score (nSPS) is 15.1. The number of para-hydroxylation sites is 1. The zero-order valence-electron chi connectivity index (χ0n) is 20.1. The first kappa shape index (κ1) is 23.2. The van der Waals surface area contributed by atoms with Crippen LogP contribution >= 0.6 is 11.3 Å². The van der Waals surface area contributed by atoms with E-state index < -0.39 is 5.91 Å². The van der Waals surface area contributed by atoms with Crippen LogP contribution < -0.4 is 11.1 Å². The molecule has 6 heteroatoms. The van der Waals surface area contributed by atoms with Gasteiger partial charge in [0.2, 0.25) is 0 Å². The minimum Gasteiger partial charge on any atom is -0.365 e. The molecule has 5 nitrogen and oxygen atoms in total. The van der Waals surface area contributed by atoms with Crippen LogP contribution in [0.5, 0.6) is 0 Å². The minimum atomic E-state index is -0.486. The van der Waals surface area contributed by atoms with Crippen molar-refractivity contribution in [1.29, 1.82) is 0 Å².